The second-order valence-electron chi connectivity index (χ2n) is 4.41. The maximum atomic E-state index is 5.63. The van der Waals surface area contributed by atoms with E-state index in [0.717, 1.165) is 39.0 Å². The molecule has 0 saturated heterocycles. The molecular formula is C15H17Br2NO2. The Kier molecular flexibility index (Phi) is 5.69. The van der Waals surface area contributed by atoms with E-state index in [1.54, 1.807) is 13.4 Å². The summed E-state index contributed by atoms with van der Waals surface area (Å²) >= 11 is 7.00. The number of halogens is 2. The molecule has 1 atom stereocenters. The van der Waals surface area contributed by atoms with Gasteiger partial charge in [-0.15, -0.1) is 0 Å². The van der Waals surface area contributed by atoms with Crippen molar-refractivity contribution in [2.24, 2.45) is 0 Å². The van der Waals surface area contributed by atoms with Crippen molar-refractivity contribution >= 4 is 31.9 Å². The Balaban J connectivity index is 2.43. The summed E-state index contributed by atoms with van der Waals surface area (Å²) in [4.78, 5) is 0. The molecule has 0 saturated carbocycles. The standard InChI is InChI=1S/C15H17Br2NO2/c1-3-7-18-14(15-12(17)6-8-20-15)11-5-4-10(16)9-13(11)19-2/h4-6,8-9,14,18H,3,7H2,1-2H3. The van der Waals surface area contributed by atoms with Crippen molar-refractivity contribution in [2.75, 3.05) is 13.7 Å². The highest BCUT2D eigenvalue weighted by atomic mass is 79.9. The van der Waals surface area contributed by atoms with Gasteiger partial charge in [-0.1, -0.05) is 28.9 Å². The van der Waals surface area contributed by atoms with Crippen molar-refractivity contribution in [1.82, 2.24) is 5.32 Å². The van der Waals surface area contributed by atoms with Crippen molar-refractivity contribution in [3.8, 4) is 5.75 Å². The summed E-state index contributed by atoms with van der Waals surface area (Å²) in [6.07, 6.45) is 2.74. The van der Waals surface area contributed by atoms with Gasteiger partial charge in [-0.25, -0.2) is 0 Å². The van der Waals surface area contributed by atoms with E-state index in [1.165, 1.54) is 0 Å². The van der Waals surface area contributed by atoms with Crippen molar-refractivity contribution < 1.29 is 9.15 Å². The topological polar surface area (TPSA) is 34.4 Å². The van der Waals surface area contributed by atoms with Gasteiger partial charge in [0.15, 0.2) is 0 Å². The SMILES string of the molecule is CCCNC(c1ccc(Br)cc1OC)c1occc1Br. The molecule has 1 aromatic heterocycles. The molecule has 0 fully saturated rings. The third kappa shape index (κ3) is 3.45. The maximum Gasteiger partial charge on any atom is 0.139 e. The van der Waals surface area contributed by atoms with Crippen LogP contribution in [-0.4, -0.2) is 13.7 Å². The summed E-state index contributed by atoms with van der Waals surface area (Å²) in [6, 6.07) is 7.89. The molecule has 0 bridgehead atoms. The van der Waals surface area contributed by atoms with Crippen LogP contribution in [0.3, 0.4) is 0 Å². The highest BCUT2D eigenvalue weighted by molar-refractivity contribution is 9.10. The fourth-order valence-electron chi connectivity index (χ4n) is 2.07. The highest BCUT2D eigenvalue weighted by Crippen LogP contribution is 2.35. The zero-order valence-electron chi connectivity index (χ0n) is 11.5. The molecule has 0 spiro atoms. The molecule has 1 aromatic carbocycles. The lowest BCUT2D eigenvalue weighted by molar-refractivity contribution is 0.391. The van der Waals surface area contributed by atoms with Gasteiger partial charge in [-0.2, -0.15) is 0 Å². The fraction of sp³-hybridized carbons (Fsp3) is 0.333. The Morgan fingerprint density at radius 2 is 2.10 bits per heavy atom. The molecule has 2 aromatic rings. The summed E-state index contributed by atoms with van der Waals surface area (Å²) < 4.78 is 13.1. The van der Waals surface area contributed by atoms with E-state index in [9.17, 15) is 0 Å². The molecule has 1 heterocycles. The molecule has 20 heavy (non-hydrogen) atoms. The summed E-state index contributed by atoms with van der Waals surface area (Å²) in [6.45, 7) is 3.04. The van der Waals surface area contributed by atoms with E-state index >= 15 is 0 Å². The molecule has 5 heteroatoms. The first kappa shape index (κ1) is 15.6. The van der Waals surface area contributed by atoms with Crippen LogP contribution in [0.4, 0.5) is 0 Å². The fourth-order valence-corrected chi connectivity index (χ4v) is 2.84. The Bertz CT molecular complexity index is 569. The third-order valence-corrected chi connectivity index (χ3v) is 4.16. The minimum Gasteiger partial charge on any atom is -0.496 e. The molecular weight excluding hydrogens is 386 g/mol. The number of hydrogen-bond donors (Lipinski definition) is 1. The van der Waals surface area contributed by atoms with Crippen molar-refractivity contribution in [3.63, 3.8) is 0 Å². The zero-order valence-corrected chi connectivity index (χ0v) is 14.6. The average Bonchev–Trinajstić information content (AvgIpc) is 2.86. The van der Waals surface area contributed by atoms with E-state index in [1.807, 2.05) is 24.3 Å². The number of rotatable bonds is 6. The van der Waals surface area contributed by atoms with Crippen LogP contribution < -0.4 is 10.1 Å². The van der Waals surface area contributed by atoms with Gasteiger partial charge in [0.2, 0.25) is 0 Å². The lowest BCUT2D eigenvalue weighted by Crippen LogP contribution is -2.23. The molecule has 1 N–H and O–H groups in total. The molecule has 1 unspecified atom stereocenters. The van der Waals surface area contributed by atoms with Gasteiger partial charge >= 0.3 is 0 Å². The van der Waals surface area contributed by atoms with E-state index in [4.69, 9.17) is 9.15 Å². The van der Waals surface area contributed by atoms with Gasteiger partial charge < -0.3 is 14.5 Å². The van der Waals surface area contributed by atoms with Crippen molar-refractivity contribution in [2.45, 2.75) is 19.4 Å². The van der Waals surface area contributed by atoms with Crippen LogP contribution in [0.5, 0.6) is 5.75 Å². The number of nitrogens with one attached hydrogen (secondary N) is 1. The lowest BCUT2D eigenvalue weighted by atomic mass is 10.0. The molecule has 0 aliphatic heterocycles. The van der Waals surface area contributed by atoms with Gasteiger partial charge in [0.25, 0.3) is 0 Å². The third-order valence-electron chi connectivity index (χ3n) is 3.01. The number of furan rings is 1. The molecule has 0 aliphatic rings. The predicted octanol–water partition coefficient (Wildman–Crippen LogP) is 4.90. The molecule has 0 aliphatic carbocycles. The number of ether oxygens (including phenoxy) is 1. The van der Waals surface area contributed by atoms with E-state index < -0.39 is 0 Å². The first-order valence-corrected chi connectivity index (χ1v) is 8.05. The van der Waals surface area contributed by atoms with E-state index in [0.29, 0.717) is 0 Å². The summed E-state index contributed by atoms with van der Waals surface area (Å²) in [5, 5.41) is 3.50. The van der Waals surface area contributed by atoms with Crippen LogP contribution in [0.25, 0.3) is 0 Å². The van der Waals surface area contributed by atoms with E-state index in [2.05, 4.69) is 44.1 Å². The molecule has 3 nitrogen and oxygen atoms in total. The van der Waals surface area contributed by atoms with Gasteiger partial charge in [0, 0.05) is 10.0 Å². The predicted molar refractivity (Wildman–Crippen MR) is 87.2 cm³/mol. The van der Waals surface area contributed by atoms with Crippen LogP contribution in [0.15, 0.2) is 43.9 Å². The van der Waals surface area contributed by atoms with Crippen LogP contribution in [0, 0.1) is 0 Å². The number of methoxy groups -OCH3 is 1. The first-order valence-electron chi connectivity index (χ1n) is 6.47. The molecule has 2 rings (SSSR count). The quantitative estimate of drug-likeness (QED) is 0.745. The summed E-state index contributed by atoms with van der Waals surface area (Å²) in [5.41, 5.74) is 1.06. The van der Waals surface area contributed by atoms with Gasteiger partial charge in [-0.3, -0.25) is 0 Å². The molecule has 0 radical (unpaired) electrons. The largest absolute Gasteiger partial charge is 0.496 e. The van der Waals surface area contributed by atoms with Gasteiger partial charge in [0.1, 0.15) is 11.5 Å². The second-order valence-corrected chi connectivity index (χ2v) is 6.18. The Hall–Kier alpha value is -0.780. The Morgan fingerprint density at radius 3 is 2.70 bits per heavy atom. The maximum absolute atomic E-state index is 5.63. The number of benzene rings is 1. The van der Waals surface area contributed by atoms with Crippen LogP contribution in [-0.2, 0) is 0 Å². The minimum absolute atomic E-state index is 0.0395. The van der Waals surface area contributed by atoms with Crippen LogP contribution >= 0.6 is 31.9 Å². The van der Waals surface area contributed by atoms with Gasteiger partial charge in [-0.05, 0) is 47.1 Å². The smallest absolute Gasteiger partial charge is 0.139 e. The highest BCUT2D eigenvalue weighted by Gasteiger charge is 2.22. The van der Waals surface area contributed by atoms with E-state index in [-0.39, 0.29) is 6.04 Å². The van der Waals surface area contributed by atoms with Crippen LogP contribution in [0.1, 0.15) is 30.7 Å². The van der Waals surface area contributed by atoms with Crippen LogP contribution in [0.2, 0.25) is 0 Å². The number of hydrogen-bond acceptors (Lipinski definition) is 3. The second kappa shape index (κ2) is 7.29. The normalized spacial score (nSPS) is 12.4. The zero-order chi connectivity index (χ0) is 14.5. The Morgan fingerprint density at radius 1 is 1.30 bits per heavy atom. The first-order chi connectivity index (χ1) is 9.67. The molecule has 0 amide bonds. The Labute approximate surface area is 136 Å². The van der Waals surface area contributed by atoms with Crippen molar-refractivity contribution in [1.29, 1.82) is 0 Å². The summed E-state index contributed by atoms with van der Waals surface area (Å²) in [5.74, 6) is 1.69. The average molecular weight is 403 g/mol. The van der Waals surface area contributed by atoms with Crippen molar-refractivity contribution in [3.05, 3.63) is 50.8 Å². The minimum atomic E-state index is -0.0395. The van der Waals surface area contributed by atoms with Gasteiger partial charge in [0.05, 0.1) is 23.9 Å². The monoisotopic (exact) mass is 401 g/mol. The lowest BCUT2D eigenvalue weighted by Gasteiger charge is -2.20. The molecule has 108 valence electrons. The summed E-state index contributed by atoms with van der Waals surface area (Å²) in [7, 11) is 1.68.